The summed E-state index contributed by atoms with van der Waals surface area (Å²) in [6.45, 7) is 2.86. The minimum Gasteiger partial charge on any atom is -0.475 e. The number of benzene rings is 1. The first-order valence-electron chi connectivity index (χ1n) is 9.62. The van der Waals surface area contributed by atoms with Crippen molar-refractivity contribution in [2.45, 2.75) is 31.4 Å². The highest BCUT2D eigenvalue weighted by molar-refractivity contribution is 5.73. The fraction of sp³-hybridized carbons (Fsp3) is 0.450. The summed E-state index contributed by atoms with van der Waals surface area (Å²) < 4.78 is 84.7. The summed E-state index contributed by atoms with van der Waals surface area (Å²) >= 11 is 0. The highest BCUT2D eigenvalue weighted by Gasteiger charge is 2.38. The van der Waals surface area contributed by atoms with Crippen LogP contribution in [0.15, 0.2) is 30.6 Å². The number of halogens is 7. The Morgan fingerprint density at radius 3 is 2.06 bits per heavy atom. The van der Waals surface area contributed by atoms with E-state index in [1.807, 2.05) is 25.5 Å². The van der Waals surface area contributed by atoms with Crippen molar-refractivity contribution in [1.29, 1.82) is 0 Å². The van der Waals surface area contributed by atoms with Crippen molar-refractivity contribution in [3.05, 3.63) is 53.4 Å². The van der Waals surface area contributed by atoms with Gasteiger partial charge in [0.05, 0.1) is 18.6 Å². The van der Waals surface area contributed by atoms with Crippen molar-refractivity contribution in [2.75, 3.05) is 20.3 Å². The second kappa shape index (κ2) is 12.5. The molecule has 0 saturated carbocycles. The summed E-state index contributed by atoms with van der Waals surface area (Å²) in [5.41, 5.74) is 3.04. The minimum atomic E-state index is -5.08. The molecule has 0 fully saturated rings. The molecule has 0 spiro atoms. The lowest BCUT2D eigenvalue weighted by molar-refractivity contribution is -0.193. The molecule has 1 aliphatic heterocycles. The van der Waals surface area contributed by atoms with Gasteiger partial charge in [0.25, 0.3) is 0 Å². The zero-order valence-corrected chi connectivity index (χ0v) is 18.4. The molecule has 0 bridgehead atoms. The number of rotatable bonds is 4. The van der Waals surface area contributed by atoms with Crippen molar-refractivity contribution >= 4 is 11.9 Å². The van der Waals surface area contributed by atoms with Gasteiger partial charge in [-0.3, -0.25) is 4.90 Å². The van der Waals surface area contributed by atoms with E-state index in [9.17, 15) is 30.7 Å². The molecule has 15 heteroatoms. The molecule has 1 aliphatic rings. The molecule has 0 radical (unpaired) electrons. The Balaban J connectivity index is 0.000000362. The number of hydrogen-bond donors (Lipinski definition) is 2. The monoisotopic (exact) mass is 517 g/mol. The predicted molar refractivity (Wildman–Crippen MR) is 106 cm³/mol. The van der Waals surface area contributed by atoms with Gasteiger partial charge in [-0.05, 0) is 6.07 Å². The van der Waals surface area contributed by atoms with Crippen LogP contribution in [-0.4, -0.2) is 69.2 Å². The second-order valence-corrected chi connectivity index (χ2v) is 7.21. The average Bonchev–Trinajstić information content (AvgIpc) is 3.10. The molecular formula is C20H22F7N3O5. The number of methoxy groups -OCH3 is 1. The van der Waals surface area contributed by atoms with Gasteiger partial charge in [0.15, 0.2) is 0 Å². The molecule has 1 unspecified atom stereocenters. The number of aromatic nitrogens is 2. The number of nitrogens with zero attached hydrogens (tertiary/aromatic N) is 3. The van der Waals surface area contributed by atoms with E-state index in [0.29, 0.717) is 13.2 Å². The van der Waals surface area contributed by atoms with Crippen LogP contribution < -0.4 is 0 Å². The fourth-order valence-electron chi connectivity index (χ4n) is 3.13. The maximum atomic E-state index is 13.8. The topological polar surface area (TPSA) is 105 Å². The van der Waals surface area contributed by atoms with Gasteiger partial charge in [-0.2, -0.15) is 26.3 Å². The van der Waals surface area contributed by atoms with E-state index in [1.165, 1.54) is 11.8 Å². The summed E-state index contributed by atoms with van der Waals surface area (Å²) in [6.07, 6.45) is -8.32. The lowest BCUT2D eigenvalue weighted by Gasteiger charge is -2.32. The number of fused-ring (bicyclic) bond motifs is 1. The van der Waals surface area contributed by atoms with Gasteiger partial charge in [-0.25, -0.2) is 19.0 Å². The minimum absolute atomic E-state index is 0.146. The van der Waals surface area contributed by atoms with Gasteiger partial charge >= 0.3 is 24.3 Å². The summed E-state index contributed by atoms with van der Waals surface area (Å²) in [6, 6.07) is 6.95. The zero-order valence-electron chi connectivity index (χ0n) is 18.4. The Kier molecular flexibility index (Phi) is 10.6. The van der Waals surface area contributed by atoms with Crippen LogP contribution in [0.2, 0.25) is 0 Å². The molecule has 196 valence electrons. The number of alkyl halides is 6. The quantitative estimate of drug-likeness (QED) is 0.598. The molecule has 1 aromatic heterocycles. The zero-order chi connectivity index (χ0) is 27.0. The van der Waals surface area contributed by atoms with Crippen LogP contribution in [-0.2, 0) is 34.5 Å². The first-order valence-corrected chi connectivity index (χ1v) is 9.62. The van der Waals surface area contributed by atoms with Crippen molar-refractivity contribution in [1.82, 2.24) is 14.5 Å². The smallest absolute Gasteiger partial charge is 0.475 e. The predicted octanol–water partition coefficient (Wildman–Crippen LogP) is 3.57. The molecule has 1 atom stereocenters. The highest BCUT2D eigenvalue weighted by Crippen LogP contribution is 2.28. The van der Waals surface area contributed by atoms with Gasteiger partial charge < -0.3 is 19.5 Å². The van der Waals surface area contributed by atoms with Crippen LogP contribution in [0.25, 0.3) is 0 Å². The fourth-order valence-corrected chi connectivity index (χ4v) is 3.13. The van der Waals surface area contributed by atoms with Gasteiger partial charge in [0.2, 0.25) is 0 Å². The van der Waals surface area contributed by atoms with E-state index in [0.717, 1.165) is 24.3 Å². The van der Waals surface area contributed by atoms with E-state index >= 15 is 0 Å². The Labute approximate surface area is 194 Å². The van der Waals surface area contributed by atoms with E-state index in [1.54, 1.807) is 13.2 Å². The van der Waals surface area contributed by atoms with Crippen LogP contribution in [0.4, 0.5) is 30.7 Å². The number of carboxylic acid groups (broad SMARTS) is 2. The Morgan fingerprint density at radius 1 is 1.09 bits per heavy atom. The largest absolute Gasteiger partial charge is 0.490 e. The average molecular weight is 517 g/mol. The third kappa shape index (κ3) is 9.52. The van der Waals surface area contributed by atoms with Gasteiger partial charge in [-0.15, -0.1) is 0 Å². The summed E-state index contributed by atoms with van der Waals surface area (Å²) in [7, 11) is 3.73. The molecule has 0 saturated heterocycles. The van der Waals surface area contributed by atoms with Crippen LogP contribution in [0, 0.1) is 5.82 Å². The van der Waals surface area contributed by atoms with Crippen LogP contribution in [0.1, 0.15) is 22.9 Å². The molecule has 2 N–H and O–H groups in total. The van der Waals surface area contributed by atoms with E-state index < -0.39 is 24.3 Å². The molecule has 0 aliphatic carbocycles. The number of carbonyl (C=O) groups is 2. The second-order valence-electron chi connectivity index (χ2n) is 7.21. The number of hydrogen-bond acceptors (Lipinski definition) is 5. The lowest BCUT2D eigenvalue weighted by Crippen LogP contribution is -2.36. The highest BCUT2D eigenvalue weighted by atomic mass is 19.4. The standard InChI is InChI=1S/C16H20FN3O.2C2HF3O2/c1-19-11-18-15-9-20(8-13(10-21-2)16(15)19)7-12-5-3-4-6-14(12)17;2*3-2(4,5)1(6)7/h3-6,11,13H,7-10H2,1-2H3;2*(H,6,7). The lowest BCUT2D eigenvalue weighted by atomic mass is 9.98. The molecular weight excluding hydrogens is 495 g/mol. The first-order chi connectivity index (χ1) is 16.1. The van der Waals surface area contributed by atoms with E-state index in [2.05, 4.69) is 14.5 Å². The van der Waals surface area contributed by atoms with Crippen LogP contribution in [0.5, 0.6) is 0 Å². The van der Waals surface area contributed by atoms with E-state index in [4.69, 9.17) is 24.5 Å². The van der Waals surface area contributed by atoms with Gasteiger partial charge in [0, 0.05) is 51.0 Å². The number of aliphatic carboxylic acids is 2. The third-order valence-electron chi connectivity index (χ3n) is 4.51. The Morgan fingerprint density at radius 2 is 1.60 bits per heavy atom. The summed E-state index contributed by atoms with van der Waals surface area (Å²) in [5.74, 6) is -5.38. The van der Waals surface area contributed by atoms with Crippen molar-refractivity contribution < 1.29 is 55.3 Å². The maximum absolute atomic E-state index is 13.8. The normalized spacial score (nSPS) is 15.7. The molecule has 35 heavy (non-hydrogen) atoms. The number of carboxylic acids is 2. The van der Waals surface area contributed by atoms with Crippen molar-refractivity contribution in [3.8, 4) is 0 Å². The molecule has 2 heterocycles. The molecule has 3 rings (SSSR count). The Bertz CT molecular complexity index is 968. The SMILES string of the molecule is COCC1CN(Cc2ccccc2F)Cc2ncn(C)c21.O=C(O)C(F)(F)F.O=C(O)C(F)(F)F. The molecule has 8 nitrogen and oxygen atoms in total. The molecule has 2 aromatic rings. The third-order valence-corrected chi connectivity index (χ3v) is 4.51. The number of imidazole rings is 1. The van der Waals surface area contributed by atoms with Gasteiger partial charge in [0.1, 0.15) is 5.82 Å². The molecule has 1 aromatic carbocycles. The van der Waals surface area contributed by atoms with Crippen LogP contribution in [0.3, 0.4) is 0 Å². The first kappa shape index (κ1) is 29.8. The Hall–Kier alpha value is -3.20. The molecule has 0 amide bonds. The van der Waals surface area contributed by atoms with Crippen molar-refractivity contribution in [3.63, 3.8) is 0 Å². The summed E-state index contributed by atoms with van der Waals surface area (Å²) in [4.78, 5) is 24.5. The van der Waals surface area contributed by atoms with Gasteiger partial charge in [-0.1, -0.05) is 18.2 Å². The number of ether oxygens (including phenoxy) is 1. The number of aryl methyl sites for hydroxylation is 1. The van der Waals surface area contributed by atoms with Crippen molar-refractivity contribution in [2.24, 2.45) is 7.05 Å². The maximum Gasteiger partial charge on any atom is 0.490 e. The van der Waals surface area contributed by atoms with Crippen LogP contribution >= 0.6 is 0 Å². The van der Waals surface area contributed by atoms with E-state index in [-0.39, 0.29) is 11.7 Å². The summed E-state index contributed by atoms with van der Waals surface area (Å²) in [5, 5.41) is 14.2.